The van der Waals surface area contributed by atoms with Crippen molar-refractivity contribution in [2.75, 3.05) is 6.54 Å². The number of hydrogen-bond acceptors (Lipinski definition) is 3. The van der Waals surface area contributed by atoms with Crippen LogP contribution < -0.4 is 5.73 Å². The summed E-state index contributed by atoms with van der Waals surface area (Å²) in [4.78, 5) is 4.71. The van der Waals surface area contributed by atoms with Gasteiger partial charge >= 0.3 is 0 Å². The van der Waals surface area contributed by atoms with Crippen molar-refractivity contribution in [2.45, 2.75) is 17.2 Å². The van der Waals surface area contributed by atoms with Crippen LogP contribution in [-0.4, -0.2) is 15.9 Å². The fourth-order valence-electron chi connectivity index (χ4n) is 2.24. The van der Waals surface area contributed by atoms with Crippen LogP contribution in [0.2, 0.25) is 5.02 Å². The lowest BCUT2D eigenvalue weighted by atomic mass is 10.2. The van der Waals surface area contributed by atoms with E-state index in [2.05, 4.69) is 4.40 Å². The second-order valence-corrected chi connectivity index (χ2v) is 6.15. The Labute approximate surface area is 133 Å². The molecule has 108 valence electrons. The molecule has 0 saturated heterocycles. The van der Waals surface area contributed by atoms with Crippen molar-refractivity contribution in [3.05, 3.63) is 64.9 Å². The average Bonchev–Trinajstić information content (AvgIpc) is 2.85. The number of hydrogen-bond donors (Lipinski definition) is 1. The molecule has 0 spiro atoms. The zero-order valence-corrected chi connectivity index (χ0v) is 13.1. The predicted octanol–water partition coefficient (Wildman–Crippen LogP) is 3.78. The van der Waals surface area contributed by atoms with Crippen molar-refractivity contribution in [2.24, 2.45) is 5.73 Å². The van der Waals surface area contributed by atoms with Crippen LogP contribution in [-0.2, 0) is 12.2 Å². The number of imidazole rings is 1. The number of rotatable bonds is 5. The molecule has 3 rings (SSSR count). The van der Waals surface area contributed by atoms with E-state index in [1.807, 2.05) is 48.7 Å². The molecule has 0 fully saturated rings. The zero-order chi connectivity index (χ0) is 14.7. The number of nitrogens with two attached hydrogens (primary N) is 1. The van der Waals surface area contributed by atoms with E-state index in [0.29, 0.717) is 6.54 Å². The minimum absolute atomic E-state index is 0.622. The molecule has 0 atom stereocenters. The Morgan fingerprint density at radius 1 is 1.14 bits per heavy atom. The lowest BCUT2D eigenvalue weighted by molar-refractivity contribution is 0.876. The Hall–Kier alpha value is -1.49. The maximum atomic E-state index is 5.91. The Bertz CT molecular complexity index is 737. The van der Waals surface area contributed by atoms with Gasteiger partial charge in [-0.15, -0.1) is 0 Å². The summed E-state index contributed by atoms with van der Waals surface area (Å²) in [6.07, 6.45) is 2.87. The third-order valence-electron chi connectivity index (χ3n) is 3.26. The van der Waals surface area contributed by atoms with Gasteiger partial charge in [-0.3, -0.25) is 0 Å². The molecule has 0 amide bonds. The van der Waals surface area contributed by atoms with Crippen molar-refractivity contribution < 1.29 is 0 Å². The number of halogens is 1. The van der Waals surface area contributed by atoms with Gasteiger partial charge in [0.2, 0.25) is 0 Å². The summed E-state index contributed by atoms with van der Waals surface area (Å²) in [6.45, 7) is 0.622. The predicted molar refractivity (Wildman–Crippen MR) is 89.0 cm³/mol. The summed E-state index contributed by atoms with van der Waals surface area (Å²) in [5, 5.41) is 1.82. The van der Waals surface area contributed by atoms with Crippen LogP contribution in [0.15, 0.2) is 53.7 Å². The zero-order valence-electron chi connectivity index (χ0n) is 11.5. The van der Waals surface area contributed by atoms with Crippen LogP contribution in [0.5, 0.6) is 0 Å². The quantitative estimate of drug-likeness (QED) is 0.728. The summed E-state index contributed by atoms with van der Waals surface area (Å²) in [7, 11) is 0. The molecule has 0 aliphatic heterocycles. The first-order chi connectivity index (χ1) is 10.3. The molecule has 0 unspecified atom stereocenters. The van der Waals surface area contributed by atoms with Gasteiger partial charge in [0, 0.05) is 23.4 Å². The number of nitrogens with zero attached hydrogens (tertiary/aromatic N) is 2. The van der Waals surface area contributed by atoms with Gasteiger partial charge in [-0.2, -0.15) is 0 Å². The van der Waals surface area contributed by atoms with Crippen LogP contribution in [0, 0.1) is 0 Å². The summed E-state index contributed by atoms with van der Waals surface area (Å²) in [5.74, 6) is 0.874. The number of benzene rings is 1. The van der Waals surface area contributed by atoms with Crippen molar-refractivity contribution in [3.8, 4) is 0 Å². The third kappa shape index (κ3) is 3.23. The van der Waals surface area contributed by atoms with E-state index in [1.165, 1.54) is 11.3 Å². The highest BCUT2D eigenvalue weighted by Gasteiger charge is 2.11. The molecular weight excluding hydrogens is 302 g/mol. The molecule has 2 N–H and O–H groups in total. The standard InChI is InChI=1S/C16H16ClN3S/c17-13-6-4-12(5-7-13)11-21-16-14(8-9-18)20-10-2-1-3-15(20)19-16/h1-7,10H,8-9,11,18H2. The molecule has 2 heterocycles. The highest BCUT2D eigenvalue weighted by molar-refractivity contribution is 7.98. The maximum Gasteiger partial charge on any atom is 0.138 e. The van der Waals surface area contributed by atoms with Crippen molar-refractivity contribution in [1.82, 2.24) is 9.38 Å². The van der Waals surface area contributed by atoms with Crippen molar-refractivity contribution >= 4 is 29.0 Å². The highest BCUT2D eigenvalue weighted by Crippen LogP contribution is 2.27. The van der Waals surface area contributed by atoms with Gasteiger partial charge in [0.15, 0.2) is 0 Å². The molecule has 1 aromatic carbocycles. The Kier molecular flexibility index (Phi) is 4.48. The van der Waals surface area contributed by atoms with Gasteiger partial charge in [0.05, 0.1) is 5.69 Å². The van der Waals surface area contributed by atoms with E-state index < -0.39 is 0 Å². The van der Waals surface area contributed by atoms with E-state index >= 15 is 0 Å². The van der Waals surface area contributed by atoms with Gasteiger partial charge in [0.1, 0.15) is 10.7 Å². The number of thioether (sulfide) groups is 1. The Morgan fingerprint density at radius 2 is 1.95 bits per heavy atom. The van der Waals surface area contributed by atoms with E-state index in [0.717, 1.165) is 27.9 Å². The smallest absolute Gasteiger partial charge is 0.138 e. The molecular formula is C16H16ClN3S. The summed E-state index contributed by atoms with van der Waals surface area (Å²) in [6, 6.07) is 14.0. The minimum atomic E-state index is 0.622. The molecule has 0 radical (unpaired) electrons. The van der Waals surface area contributed by atoms with Crippen LogP contribution in [0.1, 0.15) is 11.3 Å². The van der Waals surface area contributed by atoms with Crippen molar-refractivity contribution in [1.29, 1.82) is 0 Å². The summed E-state index contributed by atoms with van der Waals surface area (Å²) >= 11 is 7.65. The van der Waals surface area contributed by atoms with E-state index in [4.69, 9.17) is 22.3 Å². The average molecular weight is 318 g/mol. The second-order valence-electron chi connectivity index (χ2n) is 4.75. The lowest BCUT2D eigenvalue weighted by Crippen LogP contribution is -2.06. The minimum Gasteiger partial charge on any atom is -0.330 e. The van der Waals surface area contributed by atoms with Gasteiger partial charge in [-0.25, -0.2) is 4.98 Å². The first-order valence-electron chi connectivity index (χ1n) is 6.81. The monoisotopic (exact) mass is 317 g/mol. The fourth-order valence-corrected chi connectivity index (χ4v) is 3.38. The summed E-state index contributed by atoms with van der Waals surface area (Å²) in [5.41, 5.74) is 9.13. The highest BCUT2D eigenvalue weighted by atomic mass is 35.5. The first kappa shape index (κ1) is 14.4. The molecule has 2 aromatic heterocycles. The number of pyridine rings is 1. The molecule has 5 heteroatoms. The lowest BCUT2D eigenvalue weighted by Gasteiger charge is -2.04. The molecule has 0 saturated carbocycles. The van der Waals surface area contributed by atoms with E-state index in [1.54, 1.807) is 11.8 Å². The van der Waals surface area contributed by atoms with Gasteiger partial charge < -0.3 is 10.1 Å². The van der Waals surface area contributed by atoms with Crippen LogP contribution in [0.4, 0.5) is 0 Å². The van der Waals surface area contributed by atoms with Crippen molar-refractivity contribution in [3.63, 3.8) is 0 Å². The molecule has 3 aromatic rings. The normalized spacial score (nSPS) is 11.1. The molecule has 3 nitrogen and oxygen atoms in total. The van der Waals surface area contributed by atoms with Gasteiger partial charge in [0.25, 0.3) is 0 Å². The molecule has 0 aliphatic rings. The molecule has 21 heavy (non-hydrogen) atoms. The van der Waals surface area contributed by atoms with E-state index in [-0.39, 0.29) is 0 Å². The molecule has 0 aliphatic carbocycles. The topological polar surface area (TPSA) is 43.3 Å². The SMILES string of the molecule is NCCc1c(SCc2ccc(Cl)cc2)nc2ccccn12. The fraction of sp³-hybridized carbons (Fsp3) is 0.188. The van der Waals surface area contributed by atoms with Crippen LogP contribution in [0.3, 0.4) is 0 Å². The largest absolute Gasteiger partial charge is 0.330 e. The van der Waals surface area contributed by atoms with Crippen LogP contribution >= 0.6 is 23.4 Å². The van der Waals surface area contributed by atoms with Gasteiger partial charge in [-0.05, 0) is 36.4 Å². The number of fused-ring (bicyclic) bond motifs is 1. The van der Waals surface area contributed by atoms with Crippen LogP contribution in [0.25, 0.3) is 5.65 Å². The Balaban J connectivity index is 1.85. The van der Waals surface area contributed by atoms with Gasteiger partial charge in [-0.1, -0.05) is 41.6 Å². The maximum absolute atomic E-state index is 5.91. The number of aromatic nitrogens is 2. The summed E-state index contributed by atoms with van der Waals surface area (Å²) < 4.78 is 2.12. The third-order valence-corrected chi connectivity index (χ3v) is 4.59. The molecule has 0 bridgehead atoms. The Morgan fingerprint density at radius 3 is 2.71 bits per heavy atom. The van der Waals surface area contributed by atoms with E-state index in [9.17, 15) is 0 Å². The second kappa shape index (κ2) is 6.52. The first-order valence-corrected chi connectivity index (χ1v) is 8.17.